The van der Waals surface area contributed by atoms with Crippen LogP contribution in [0.4, 0.5) is 0 Å². The number of rotatable bonds is 5. The second kappa shape index (κ2) is 3.96. The average Bonchev–Trinajstić information content (AvgIpc) is 2.93. The molecule has 0 aromatic carbocycles. The SMILES string of the molecule is CCC1(CNC(C)C(N)=NO)CC1. The molecule has 1 saturated carbocycles. The van der Waals surface area contributed by atoms with Crippen LogP contribution in [0.15, 0.2) is 5.16 Å². The summed E-state index contributed by atoms with van der Waals surface area (Å²) in [5.74, 6) is 0.256. The van der Waals surface area contributed by atoms with E-state index in [4.69, 9.17) is 10.9 Å². The second-order valence-electron chi connectivity index (χ2n) is 3.98. The topological polar surface area (TPSA) is 70.6 Å². The minimum Gasteiger partial charge on any atom is -0.409 e. The van der Waals surface area contributed by atoms with Gasteiger partial charge in [0, 0.05) is 6.54 Å². The Balaban J connectivity index is 2.26. The molecule has 1 aliphatic carbocycles. The van der Waals surface area contributed by atoms with Crippen LogP contribution >= 0.6 is 0 Å². The molecule has 76 valence electrons. The van der Waals surface area contributed by atoms with Gasteiger partial charge in [-0.3, -0.25) is 0 Å². The molecule has 0 radical (unpaired) electrons. The molecule has 0 spiro atoms. The molecular formula is C9H19N3O. The summed E-state index contributed by atoms with van der Waals surface area (Å²) in [5, 5.41) is 14.7. The third-order valence-electron chi connectivity index (χ3n) is 3.05. The average molecular weight is 185 g/mol. The molecule has 1 atom stereocenters. The maximum absolute atomic E-state index is 8.43. The van der Waals surface area contributed by atoms with Gasteiger partial charge in [-0.15, -0.1) is 0 Å². The van der Waals surface area contributed by atoms with Gasteiger partial charge >= 0.3 is 0 Å². The van der Waals surface area contributed by atoms with Crippen LogP contribution in [0.5, 0.6) is 0 Å². The Bertz CT molecular complexity index is 199. The minimum atomic E-state index is -0.0333. The van der Waals surface area contributed by atoms with Crippen molar-refractivity contribution in [3.05, 3.63) is 0 Å². The van der Waals surface area contributed by atoms with E-state index < -0.39 is 0 Å². The molecule has 13 heavy (non-hydrogen) atoms. The van der Waals surface area contributed by atoms with Crippen LogP contribution in [-0.4, -0.2) is 23.6 Å². The standard InChI is InChI=1S/C9H19N3O/c1-3-9(4-5-9)6-11-7(2)8(10)12-13/h7,11,13H,3-6H2,1-2H3,(H2,10,12). The van der Waals surface area contributed by atoms with Crippen LogP contribution in [0.2, 0.25) is 0 Å². The molecule has 0 amide bonds. The lowest BCUT2D eigenvalue weighted by atomic mass is 10.0. The fourth-order valence-corrected chi connectivity index (χ4v) is 1.39. The Kier molecular flexibility index (Phi) is 3.14. The van der Waals surface area contributed by atoms with Gasteiger partial charge in [-0.2, -0.15) is 0 Å². The van der Waals surface area contributed by atoms with Crippen molar-refractivity contribution < 1.29 is 5.21 Å². The van der Waals surface area contributed by atoms with Crippen LogP contribution in [-0.2, 0) is 0 Å². The molecule has 4 N–H and O–H groups in total. The number of hydrogen-bond acceptors (Lipinski definition) is 3. The van der Waals surface area contributed by atoms with Crippen LogP contribution < -0.4 is 11.1 Å². The van der Waals surface area contributed by atoms with Gasteiger partial charge in [0.25, 0.3) is 0 Å². The Labute approximate surface area is 79.2 Å². The monoisotopic (exact) mass is 185 g/mol. The van der Waals surface area contributed by atoms with E-state index in [9.17, 15) is 0 Å². The largest absolute Gasteiger partial charge is 0.409 e. The van der Waals surface area contributed by atoms with Crippen molar-refractivity contribution in [2.75, 3.05) is 6.54 Å². The van der Waals surface area contributed by atoms with Crippen molar-refractivity contribution in [3.8, 4) is 0 Å². The maximum atomic E-state index is 8.43. The highest BCUT2D eigenvalue weighted by atomic mass is 16.4. The van der Waals surface area contributed by atoms with E-state index in [1.165, 1.54) is 19.3 Å². The van der Waals surface area contributed by atoms with Crippen LogP contribution in [0.3, 0.4) is 0 Å². The molecule has 0 bridgehead atoms. The van der Waals surface area contributed by atoms with E-state index in [0.717, 1.165) is 6.54 Å². The van der Waals surface area contributed by atoms with Gasteiger partial charge in [-0.05, 0) is 31.6 Å². The third kappa shape index (κ3) is 2.59. The number of amidine groups is 1. The maximum Gasteiger partial charge on any atom is 0.156 e. The van der Waals surface area contributed by atoms with Crippen molar-refractivity contribution in [1.29, 1.82) is 0 Å². The first-order chi connectivity index (χ1) is 6.13. The molecule has 1 rings (SSSR count). The summed E-state index contributed by atoms with van der Waals surface area (Å²) in [6.07, 6.45) is 3.82. The van der Waals surface area contributed by atoms with Crippen LogP contribution in [0.25, 0.3) is 0 Å². The summed E-state index contributed by atoms with van der Waals surface area (Å²) in [6.45, 7) is 5.09. The van der Waals surface area contributed by atoms with Gasteiger partial charge in [0.05, 0.1) is 6.04 Å². The summed E-state index contributed by atoms with van der Waals surface area (Å²) in [6, 6.07) is -0.0333. The van der Waals surface area contributed by atoms with Gasteiger partial charge in [-0.25, -0.2) is 0 Å². The second-order valence-corrected chi connectivity index (χ2v) is 3.98. The molecule has 1 aliphatic rings. The zero-order valence-corrected chi connectivity index (χ0v) is 8.38. The predicted molar refractivity (Wildman–Crippen MR) is 52.8 cm³/mol. The van der Waals surface area contributed by atoms with E-state index in [2.05, 4.69) is 17.4 Å². The highest BCUT2D eigenvalue weighted by molar-refractivity contribution is 5.84. The lowest BCUT2D eigenvalue weighted by Gasteiger charge is -2.17. The van der Waals surface area contributed by atoms with Crippen molar-refractivity contribution in [2.24, 2.45) is 16.3 Å². The van der Waals surface area contributed by atoms with E-state index in [1.54, 1.807) is 0 Å². The lowest BCUT2D eigenvalue weighted by molar-refractivity contribution is 0.314. The van der Waals surface area contributed by atoms with E-state index in [-0.39, 0.29) is 11.9 Å². The molecule has 4 nitrogen and oxygen atoms in total. The quantitative estimate of drug-likeness (QED) is 0.258. The summed E-state index contributed by atoms with van der Waals surface area (Å²) in [5.41, 5.74) is 5.95. The first-order valence-corrected chi connectivity index (χ1v) is 4.84. The molecule has 0 aromatic rings. The predicted octanol–water partition coefficient (Wildman–Crippen LogP) is 0.901. The fraction of sp³-hybridized carbons (Fsp3) is 0.889. The molecular weight excluding hydrogens is 166 g/mol. The lowest BCUT2D eigenvalue weighted by Crippen LogP contribution is -2.41. The van der Waals surface area contributed by atoms with Gasteiger partial charge in [-0.1, -0.05) is 12.1 Å². The zero-order chi connectivity index (χ0) is 9.90. The van der Waals surface area contributed by atoms with Gasteiger partial charge in [0.2, 0.25) is 0 Å². The summed E-state index contributed by atoms with van der Waals surface area (Å²) < 4.78 is 0. The summed E-state index contributed by atoms with van der Waals surface area (Å²) in [7, 11) is 0. The van der Waals surface area contributed by atoms with Crippen LogP contribution in [0.1, 0.15) is 33.1 Å². The number of nitrogens with zero attached hydrogens (tertiary/aromatic N) is 1. The van der Waals surface area contributed by atoms with E-state index >= 15 is 0 Å². The van der Waals surface area contributed by atoms with Gasteiger partial charge in [0.15, 0.2) is 5.84 Å². The first-order valence-electron chi connectivity index (χ1n) is 4.84. The molecule has 0 aliphatic heterocycles. The molecule has 1 unspecified atom stereocenters. The summed E-state index contributed by atoms with van der Waals surface area (Å²) in [4.78, 5) is 0. The number of nitrogens with one attached hydrogen (secondary N) is 1. The molecule has 0 aromatic heterocycles. The summed E-state index contributed by atoms with van der Waals surface area (Å²) >= 11 is 0. The van der Waals surface area contributed by atoms with Crippen molar-refractivity contribution in [2.45, 2.75) is 39.2 Å². The molecule has 0 heterocycles. The molecule has 0 saturated heterocycles. The number of hydrogen-bond donors (Lipinski definition) is 3. The van der Waals surface area contributed by atoms with Crippen molar-refractivity contribution in [3.63, 3.8) is 0 Å². The molecule has 4 heteroatoms. The van der Waals surface area contributed by atoms with Gasteiger partial charge in [0.1, 0.15) is 0 Å². The highest BCUT2D eigenvalue weighted by Crippen LogP contribution is 2.47. The molecule has 1 fully saturated rings. The fourth-order valence-electron chi connectivity index (χ4n) is 1.39. The Morgan fingerprint density at radius 2 is 2.31 bits per heavy atom. The number of oxime groups is 1. The minimum absolute atomic E-state index is 0.0333. The zero-order valence-electron chi connectivity index (χ0n) is 8.38. The number of nitrogens with two attached hydrogens (primary N) is 1. The van der Waals surface area contributed by atoms with Crippen molar-refractivity contribution >= 4 is 5.84 Å². The third-order valence-corrected chi connectivity index (χ3v) is 3.05. The Morgan fingerprint density at radius 1 is 1.69 bits per heavy atom. The Morgan fingerprint density at radius 3 is 2.69 bits per heavy atom. The normalized spacial score (nSPS) is 22.8. The highest BCUT2D eigenvalue weighted by Gasteiger charge is 2.40. The smallest absolute Gasteiger partial charge is 0.156 e. The first kappa shape index (κ1) is 10.3. The van der Waals surface area contributed by atoms with Gasteiger partial charge < -0.3 is 16.3 Å². The van der Waals surface area contributed by atoms with E-state index in [0.29, 0.717) is 5.41 Å². The van der Waals surface area contributed by atoms with E-state index in [1.807, 2.05) is 6.92 Å². The Hall–Kier alpha value is -0.770. The van der Waals surface area contributed by atoms with Crippen LogP contribution in [0, 0.1) is 5.41 Å². The van der Waals surface area contributed by atoms with Crippen molar-refractivity contribution in [1.82, 2.24) is 5.32 Å².